The molecule has 2 rings (SSSR count). The number of benzene rings is 2. The molecule has 0 radical (unpaired) electrons. The van der Waals surface area contributed by atoms with Crippen LogP contribution in [-0.2, 0) is 0 Å². The van der Waals surface area contributed by atoms with Crippen LogP contribution in [0.15, 0.2) is 60.7 Å². The predicted octanol–water partition coefficient (Wildman–Crippen LogP) is 0.830. The second-order valence-electron chi connectivity index (χ2n) is 2.73. The Morgan fingerprint density at radius 3 is 1.07 bits per heavy atom. The molecule has 2 aromatic rings. The van der Waals surface area contributed by atoms with Gasteiger partial charge in [0.05, 0.1) is 0 Å². The third kappa shape index (κ3) is 5.23. The van der Waals surface area contributed by atoms with Crippen LogP contribution >= 0.6 is 0 Å². The Morgan fingerprint density at radius 2 is 0.800 bits per heavy atom. The SMILES string of the molecule is [AlH3].[AlH3].[H-].[H-].[Mg+2].c1ccc(-c2ccccc2)cc1. The molecule has 0 aliphatic heterocycles. The van der Waals surface area contributed by atoms with E-state index in [0.717, 1.165) is 0 Å². The third-order valence-electron chi connectivity index (χ3n) is 1.88. The molecule has 15 heavy (non-hydrogen) atoms. The summed E-state index contributed by atoms with van der Waals surface area (Å²) in [6.07, 6.45) is 0. The molecule has 0 heterocycles. The normalized spacial score (nSPS) is 7.73. The minimum Gasteiger partial charge on any atom is -1.00 e. The maximum atomic E-state index is 2.12. The molecule has 3 heteroatoms. The molecule has 0 spiro atoms. The maximum Gasteiger partial charge on any atom is 2.00 e. The van der Waals surface area contributed by atoms with Crippen molar-refractivity contribution in [3.8, 4) is 11.1 Å². The summed E-state index contributed by atoms with van der Waals surface area (Å²) in [6, 6.07) is 20.8. The molecule has 0 amide bonds. The molecule has 2 aromatic carbocycles. The second-order valence-corrected chi connectivity index (χ2v) is 2.73. The standard InChI is InChI=1S/C12H10.2Al.Mg.8H/c1-3-7-11(8-4-1)12-9-5-2-6-10-12;;;;;;;;;;;/h1-10H;;;;;;;;;;;/q;;;+2;;;;;;;2*-1. The molecule has 0 fully saturated rings. The van der Waals surface area contributed by atoms with Crippen molar-refractivity contribution >= 4 is 57.8 Å². The Kier molecular flexibility index (Phi) is 11.2. The molecule has 0 saturated carbocycles. The molecular weight excluding hydrogens is 222 g/mol. The topological polar surface area (TPSA) is 0 Å². The molecule has 0 aliphatic rings. The van der Waals surface area contributed by atoms with E-state index in [2.05, 4.69) is 48.5 Å². The van der Waals surface area contributed by atoms with Crippen LogP contribution in [0.4, 0.5) is 0 Å². The quantitative estimate of drug-likeness (QED) is 0.648. The molecule has 0 saturated heterocycles. The average Bonchev–Trinajstić information content (AvgIpc) is 2.21. The van der Waals surface area contributed by atoms with Gasteiger partial charge >= 0.3 is 23.1 Å². The fourth-order valence-corrected chi connectivity index (χ4v) is 1.26. The van der Waals surface area contributed by atoms with E-state index in [9.17, 15) is 0 Å². The predicted molar refractivity (Wildman–Crippen MR) is 79.7 cm³/mol. The minimum atomic E-state index is 0. The first-order chi connectivity index (χ1) is 5.97. The van der Waals surface area contributed by atoms with Crippen molar-refractivity contribution in [1.82, 2.24) is 0 Å². The minimum absolute atomic E-state index is 0. The summed E-state index contributed by atoms with van der Waals surface area (Å²) in [7, 11) is 0. The van der Waals surface area contributed by atoms with Gasteiger partial charge in [0.1, 0.15) is 0 Å². The zero-order valence-electron chi connectivity index (χ0n) is 9.48. The number of hydrogen-bond donors (Lipinski definition) is 0. The first-order valence-corrected chi connectivity index (χ1v) is 4.07. The molecule has 0 aromatic heterocycles. The van der Waals surface area contributed by atoms with Gasteiger partial charge in [-0.15, -0.1) is 0 Å². The molecule has 0 atom stereocenters. The van der Waals surface area contributed by atoms with Gasteiger partial charge in [-0.3, -0.25) is 0 Å². The van der Waals surface area contributed by atoms with Crippen molar-refractivity contribution in [3.05, 3.63) is 60.7 Å². The zero-order chi connectivity index (χ0) is 8.23. The Morgan fingerprint density at radius 1 is 0.533 bits per heavy atom. The summed E-state index contributed by atoms with van der Waals surface area (Å²) in [5.41, 5.74) is 2.55. The van der Waals surface area contributed by atoms with Crippen molar-refractivity contribution in [2.45, 2.75) is 0 Å². The van der Waals surface area contributed by atoms with Crippen LogP contribution in [0.2, 0.25) is 0 Å². The van der Waals surface area contributed by atoms with Gasteiger partial charge in [0, 0.05) is 0 Å². The van der Waals surface area contributed by atoms with E-state index in [-0.39, 0.29) is 60.6 Å². The second kappa shape index (κ2) is 9.49. The van der Waals surface area contributed by atoms with Crippen molar-refractivity contribution < 1.29 is 2.85 Å². The Labute approximate surface area is 131 Å². The molecule has 0 bridgehead atoms. The summed E-state index contributed by atoms with van der Waals surface area (Å²) < 4.78 is 0. The van der Waals surface area contributed by atoms with Crippen LogP contribution in [0.1, 0.15) is 2.85 Å². The zero-order valence-corrected chi connectivity index (χ0v) is 8.89. The van der Waals surface area contributed by atoms with Gasteiger partial charge < -0.3 is 2.85 Å². The van der Waals surface area contributed by atoms with Crippen molar-refractivity contribution in [1.29, 1.82) is 0 Å². The van der Waals surface area contributed by atoms with Gasteiger partial charge in [0.15, 0.2) is 34.7 Å². The van der Waals surface area contributed by atoms with Gasteiger partial charge in [-0.2, -0.15) is 0 Å². The number of rotatable bonds is 1. The van der Waals surface area contributed by atoms with Crippen LogP contribution in [0, 0.1) is 0 Å². The van der Waals surface area contributed by atoms with E-state index < -0.39 is 0 Å². The molecule has 0 unspecified atom stereocenters. The number of hydrogen-bond acceptors (Lipinski definition) is 0. The van der Waals surface area contributed by atoms with Crippen LogP contribution in [-0.4, -0.2) is 57.8 Å². The van der Waals surface area contributed by atoms with E-state index in [1.54, 1.807) is 0 Å². The molecule has 0 nitrogen and oxygen atoms in total. The Bertz CT molecular complexity index is 320. The first kappa shape index (κ1) is 17.7. The Hall–Kier alpha value is 0.271. The van der Waals surface area contributed by atoms with Gasteiger partial charge in [-0.1, -0.05) is 60.7 Å². The monoisotopic (exact) mass is 240 g/mol. The van der Waals surface area contributed by atoms with E-state index in [0.29, 0.717) is 0 Å². The average molecular weight is 241 g/mol. The van der Waals surface area contributed by atoms with E-state index in [1.165, 1.54) is 11.1 Å². The first-order valence-electron chi connectivity index (χ1n) is 4.07. The summed E-state index contributed by atoms with van der Waals surface area (Å²) in [5.74, 6) is 0. The Balaban J connectivity index is -0.000000169. The third-order valence-corrected chi connectivity index (χ3v) is 1.88. The van der Waals surface area contributed by atoms with Gasteiger partial charge in [0.2, 0.25) is 0 Å². The molecular formula is C12H18Al2Mg. The van der Waals surface area contributed by atoms with Crippen LogP contribution in [0.3, 0.4) is 0 Å². The van der Waals surface area contributed by atoms with Gasteiger partial charge in [-0.05, 0) is 11.1 Å². The fourth-order valence-electron chi connectivity index (χ4n) is 1.26. The van der Waals surface area contributed by atoms with Crippen molar-refractivity contribution in [2.24, 2.45) is 0 Å². The van der Waals surface area contributed by atoms with Crippen molar-refractivity contribution in [2.75, 3.05) is 0 Å². The maximum absolute atomic E-state index is 2.12. The molecule has 74 valence electrons. The summed E-state index contributed by atoms with van der Waals surface area (Å²) in [4.78, 5) is 0. The fraction of sp³-hybridized carbons (Fsp3) is 0. The van der Waals surface area contributed by atoms with Gasteiger partial charge in [0.25, 0.3) is 0 Å². The smallest absolute Gasteiger partial charge is 1.00 e. The summed E-state index contributed by atoms with van der Waals surface area (Å²) in [5, 5.41) is 0. The van der Waals surface area contributed by atoms with Gasteiger partial charge in [-0.25, -0.2) is 0 Å². The van der Waals surface area contributed by atoms with E-state index in [1.807, 2.05) is 12.1 Å². The summed E-state index contributed by atoms with van der Waals surface area (Å²) in [6.45, 7) is 0. The summed E-state index contributed by atoms with van der Waals surface area (Å²) >= 11 is 0. The van der Waals surface area contributed by atoms with E-state index in [4.69, 9.17) is 0 Å². The van der Waals surface area contributed by atoms with Crippen LogP contribution in [0.5, 0.6) is 0 Å². The van der Waals surface area contributed by atoms with Crippen LogP contribution < -0.4 is 0 Å². The molecule has 0 N–H and O–H groups in total. The molecule has 0 aliphatic carbocycles. The van der Waals surface area contributed by atoms with Crippen LogP contribution in [0.25, 0.3) is 11.1 Å². The van der Waals surface area contributed by atoms with E-state index >= 15 is 0 Å². The van der Waals surface area contributed by atoms with Crippen molar-refractivity contribution in [3.63, 3.8) is 0 Å². The largest absolute Gasteiger partial charge is 2.00 e.